The highest BCUT2D eigenvalue weighted by Crippen LogP contribution is 2.28. The fourth-order valence-electron chi connectivity index (χ4n) is 2.86. The van der Waals surface area contributed by atoms with E-state index in [1.807, 2.05) is 26.8 Å². The van der Waals surface area contributed by atoms with Crippen molar-refractivity contribution >= 4 is 17.7 Å². The van der Waals surface area contributed by atoms with Gasteiger partial charge in [0.15, 0.2) is 5.84 Å². The molecule has 2 atom stereocenters. The summed E-state index contributed by atoms with van der Waals surface area (Å²) in [6.45, 7) is 9.22. The van der Waals surface area contributed by atoms with Crippen LogP contribution < -0.4 is 5.32 Å². The molecule has 0 saturated heterocycles. The quantitative estimate of drug-likeness (QED) is 0.805. The third-order valence-corrected chi connectivity index (χ3v) is 5.02. The van der Waals surface area contributed by atoms with Gasteiger partial charge in [0.25, 0.3) is 5.91 Å². The lowest BCUT2D eigenvalue weighted by molar-refractivity contribution is -0.124. The Morgan fingerprint density at radius 3 is 2.57 bits per heavy atom. The number of hydrogen-bond donors (Lipinski definition) is 1. The summed E-state index contributed by atoms with van der Waals surface area (Å²) in [5.74, 6) is -0.464. The number of esters is 1. The van der Waals surface area contributed by atoms with Crippen LogP contribution in [0.4, 0.5) is 0 Å². The van der Waals surface area contributed by atoms with Gasteiger partial charge in [-0.05, 0) is 50.5 Å². The number of carbonyl (C=O) groups is 2. The Bertz CT molecular complexity index is 940. The van der Waals surface area contributed by atoms with Gasteiger partial charge in [-0.2, -0.15) is 0 Å². The Kier molecular flexibility index (Phi) is 5.27. The molecule has 0 aromatic carbocycles. The molecular formula is C21H24N4O3. The molecule has 1 amide bonds. The second-order valence-electron chi connectivity index (χ2n) is 7.43. The van der Waals surface area contributed by atoms with Crippen molar-refractivity contribution in [3.05, 3.63) is 59.2 Å². The number of rotatable bonds is 5. The number of aliphatic imine (C=N–C) groups is 1. The summed E-state index contributed by atoms with van der Waals surface area (Å²) in [4.78, 5) is 38.5. The Hall–Kier alpha value is -3.09. The SMILES string of the molecule is Cc1cnc(C2=NC(C)(C(C)C)C(=O)N2)c(C(=O)OC(C)c2ccccn2)c1. The highest BCUT2D eigenvalue weighted by molar-refractivity contribution is 6.17. The second-order valence-corrected chi connectivity index (χ2v) is 7.43. The van der Waals surface area contributed by atoms with Gasteiger partial charge in [0, 0.05) is 12.4 Å². The standard InChI is InChI=1S/C21H24N4O3/c1-12(2)21(5)20(27)24-18(25-21)17-15(10-13(3)11-23-17)19(26)28-14(4)16-8-6-7-9-22-16/h6-12,14H,1-5H3,(H,24,25,27). The molecule has 2 unspecified atom stereocenters. The van der Waals surface area contributed by atoms with E-state index < -0.39 is 17.6 Å². The van der Waals surface area contributed by atoms with Gasteiger partial charge in [-0.25, -0.2) is 9.79 Å². The third-order valence-electron chi connectivity index (χ3n) is 5.02. The van der Waals surface area contributed by atoms with Crippen molar-refractivity contribution in [2.24, 2.45) is 10.9 Å². The Morgan fingerprint density at radius 2 is 1.96 bits per heavy atom. The van der Waals surface area contributed by atoms with Crippen molar-refractivity contribution in [2.45, 2.75) is 46.3 Å². The normalized spacial score (nSPS) is 19.9. The van der Waals surface area contributed by atoms with Crippen molar-refractivity contribution in [3.63, 3.8) is 0 Å². The van der Waals surface area contributed by atoms with Crippen LogP contribution in [0.15, 0.2) is 41.7 Å². The van der Waals surface area contributed by atoms with E-state index in [0.29, 0.717) is 17.2 Å². The van der Waals surface area contributed by atoms with E-state index in [4.69, 9.17) is 4.74 Å². The molecule has 0 radical (unpaired) electrons. The summed E-state index contributed by atoms with van der Waals surface area (Å²) >= 11 is 0. The molecule has 3 heterocycles. The van der Waals surface area contributed by atoms with E-state index in [1.165, 1.54) is 0 Å². The first-order valence-electron chi connectivity index (χ1n) is 9.22. The van der Waals surface area contributed by atoms with Gasteiger partial charge in [-0.1, -0.05) is 19.9 Å². The number of amidine groups is 1. The molecule has 0 spiro atoms. The predicted molar refractivity (Wildman–Crippen MR) is 105 cm³/mol. The smallest absolute Gasteiger partial charge is 0.341 e. The van der Waals surface area contributed by atoms with Gasteiger partial charge in [-0.15, -0.1) is 0 Å². The van der Waals surface area contributed by atoms with E-state index in [0.717, 1.165) is 5.56 Å². The lowest BCUT2D eigenvalue weighted by atomic mass is 9.89. The zero-order valence-corrected chi connectivity index (χ0v) is 16.7. The number of ether oxygens (including phenoxy) is 1. The maximum atomic E-state index is 12.9. The minimum Gasteiger partial charge on any atom is -0.452 e. The van der Waals surface area contributed by atoms with Crippen molar-refractivity contribution < 1.29 is 14.3 Å². The highest BCUT2D eigenvalue weighted by atomic mass is 16.5. The molecule has 28 heavy (non-hydrogen) atoms. The molecule has 1 aliphatic rings. The fourth-order valence-corrected chi connectivity index (χ4v) is 2.86. The van der Waals surface area contributed by atoms with E-state index in [1.54, 1.807) is 44.4 Å². The summed E-state index contributed by atoms with van der Waals surface area (Å²) in [5, 5.41) is 2.77. The molecule has 146 valence electrons. The molecule has 1 aliphatic heterocycles. The van der Waals surface area contributed by atoms with Gasteiger partial charge in [0.1, 0.15) is 17.3 Å². The van der Waals surface area contributed by atoms with Crippen LogP contribution in [0.5, 0.6) is 0 Å². The lowest BCUT2D eigenvalue weighted by Gasteiger charge is -2.21. The molecule has 7 nitrogen and oxygen atoms in total. The zero-order valence-electron chi connectivity index (χ0n) is 16.7. The summed E-state index contributed by atoms with van der Waals surface area (Å²) in [6, 6.07) is 7.12. The van der Waals surface area contributed by atoms with Crippen LogP contribution in [0.2, 0.25) is 0 Å². The van der Waals surface area contributed by atoms with Gasteiger partial charge >= 0.3 is 5.97 Å². The van der Waals surface area contributed by atoms with Crippen LogP contribution in [0.3, 0.4) is 0 Å². The first-order valence-corrected chi connectivity index (χ1v) is 9.22. The average molecular weight is 380 g/mol. The van der Waals surface area contributed by atoms with Gasteiger partial charge in [0.2, 0.25) is 0 Å². The first kappa shape index (κ1) is 19.7. The van der Waals surface area contributed by atoms with Crippen molar-refractivity contribution in [2.75, 3.05) is 0 Å². The van der Waals surface area contributed by atoms with E-state index in [-0.39, 0.29) is 17.4 Å². The number of carbonyl (C=O) groups excluding carboxylic acids is 2. The largest absolute Gasteiger partial charge is 0.452 e. The zero-order chi connectivity index (χ0) is 20.5. The number of aromatic nitrogens is 2. The monoisotopic (exact) mass is 380 g/mol. The Morgan fingerprint density at radius 1 is 1.21 bits per heavy atom. The van der Waals surface area contributed by atoms with Crippen LogP contribution in [0.25, 0.3) is 0 Å². The van der Waals surface area contributed by atoms with Crippen molar-refractivity contribution in [1.29, 1.82) is 0 Å². The molecule has 0 saturated carbocycles. The molecule has 0 aliphatic carbocycles. The maximum Gasteiger partial charge on any atom is 0.341 e. The van der Waals surface area contributed by atoms with E-state index in [9.17, 15) is 9.59 Å². The summed E-state index contributed by atoms with van der Waals surface area (Å²) < 4.78 is 5.59. The number of pyridine rings is 2. The van der Waals surface area contributed by atoms with Gasteiger partial charge in [0.05, 0.1) is 11.3 Å². The fraction of sp³-hybridized carbons (Fsp3) is 0.381. The second kappa shape index (κ2) is 7.50. The molecular weight excluding hydrogens is 356 g/mol. The molecule has 3 rings (SSSR count). The topological polar surface area (TPSA) is 93.5 Å². The maximum absolute atomic E-state index is 12.9. The molecule has 1 N–H and O–H groups in total. The molecule has 7 heteroatoms. The minimum atomic E-state index is -0.898. The Labute approximate surface area is 164 Å². The summed E-state index contributed by atoms with van der Waals surface area (Å²) in [5.41, 5.74) is 1.12. The number of hydrogen-bond acceptors (Lipinski definition) is 6. The van der Waals surface area contributed by atoms with Crippen LogP contribution in [0.1, 0.15) is 61.1 Å². The third kappa shape index (κ3) is 3.65. The van der Waals surface area contributed by atoms with Crippen molar-refractivity contribution in [1.82, 2.24) is 15.3 Å². The molecule has 2 aromatic rings. The Balaban J connectivity index is 1.94. The van der Waals surface area contributed by atoms with Gasteiger partial charge < -0.3 is 10.1 Å². The number of amides is 1. The van der Waals surface area contributed by atoms with Crippen molar-refractivity contribution in [3.8, 4) is 0 Å². The average Bonchev–Trinajstić information content (AvgIpc) is 2.98. The van der Waals surface area contributed by atoms with E-state index in [2.05, 4.69) is 20.3 Å². The summed E-state index contributed by atoms with van der Waals surface area (Å²) in [7, 11) is 0. The predicted octanol–water partition coefficient (Wildman–Crippen LogP) is 2.99. The number of nitrogens with zero attached hydrogens (tertiary/aromatic N) is 3. The van der Waals surface area contributed by atoms with Crippen LogP contribution in [-0.2, 0) is 9.53 Å². The molecule has 2 aromatic heterocycles. The minimum absolute atomic E-state index is 0.00460. The lowest BCUT2D eigenvalue weighted by Crippen LogP contribution is -2.41. The molecule has 0 bridgehead atoms. The molecule has 0 fully saturated rings. The first-order chi connectivity index (χ1) is 13.2. The highest BCUT2D eigenvalue weighted by Gasteiger charge is 2.43. The number of nitrogens with one attached hydrogen (secondary N) is 1. The van der Waals surface area contributed by atoms with E-state index >= 15 is 0 Å². The number of aryl methyl sites for hydroxylation is 1. The van der Waals surface area contributed by atoms with Gasteiger partial charge in [-0.3, -0.25) is 14.8 Å². The van der Waals surface area contributed by atoms with Crippen LogP contribution >= 0.6 is 0 Å². The van der Waals surface area contributed by atoms with Crippen LogP contribution in [-0.4, -0.2) is 33.2 Å². The summed E-state index contributed by atoms with van der Waals surface area (Å²) in [6.07, 6.45) is 2.76. The van der Waals surface area contributed by atoms with Crippen LogP contribution in [0, 0.1) is 12.8 Å².